The maximum atomic E-state index is 5.98. The first-order valence-corrected chi connectivity index (χ1v) is 5.38. The molecule has 0 unspecified atom stereocenters. The van der Waals surface area contributed by atoms with Gasteiger partial charge in [0.05, 0.1) is 5.69 Å². The highest BCUT2D eigenvalue weighted by Crippen LogP contribution is 2.34. The molecule has 0 fully saturated rings. The largest absolute Gasteiger partial charge is 0.398 e. The lowest BCUT2D eigenvalue weighted by atomic mass is 10.0. The normalized spacial score (nSPS) is 10.2. The standard InChI is InChI=1S/C12H11BrN2/c13-10-6-3-5-9(12(10)15)8-4-1-2-7-11(8)14/h1-7H,14-15H2. The Kier molecular flexibility index (Phi) is 2.64. The van der Waals surface area contributed by atoms with Gasteiger partial charge in [-0.3, -0.25) is 0 Å². The molecular formula is C12H11BrN2. The van der Waals surface area contributed by atoms with E-state index >= 15 is 0 Å². The van der Waals surface area contributed by atoms with Crippen molar-refractivity contribution < 1.29 is 0 Å². The van der Waals surface area contributed by atoms with E-state index in [-0.39, 0.29) is 0 Å². The molecule has 76 valence electrons. The van der Waals surface area contributed by atoms with E-state index in [1.165, 1.54) is 0 Å². The molecule has 0 atom stereocenters. The van der Waals surface area contributed by atoms with Crippen molar-refractivity contribution in [2.45, 2.75) is 0 Å². The zero-order valence-corrected chi connectivity index (χ0v) is 9.66. The lowest BCUT2D eigenvalue weighted by Gasteiger charge is -2.09. The number of nitrogen functional groups attached to an aromatic ring is 2. The third-order valence-electron chi connectivity index (χ3n) is 2.30. The number of nitrogens with two attached hydrogens (primary N) is 2. The van der Waals surface area contributed by atoms with Crippen LogP contribution < -0.4 is 11.5 Å². The molecule has 0 aliphatic carbocycles. The zero-order valence-electron chi connectivity index (χ0n) is 8.07. The average molecular weight is 263 g/mol. The summed E-state index contributed by atoms with van der Waals surface area (Å²) in [7, 11) is 0. The lowest BCUT2D eigenvalue weighted by Crippen LogP contribution is -1.94. The Morgan fingerprint density at radius 2 is 1.47 bits per heavy atom. The van der Waals surface area contributed by atoms with Gasteiger partial charge in [0.2, 0.25) is 0 Å². The molecule has 4 N–H and O–H groups in total. The second kappa shape index (κ2) is 3.95. The fourth-order valence-corrected chi connectivity index (χ4v) is 1.88. The minimum atomic E-state index is 0.718. The van der Waals surface area contributed by atoms with E-state index < -0.39 is 0 Å². The second-order valence-electron chi connectivity index (χ2n) is 3.29. The quantitative estimate of drug-likeness (QED) is 0.776. The fraction of sp³-hybridized carbons (Fsp3) is 0. The molecule has 0 spiro atoms. The molecule has 0 aromatic heterocycles. The molecule has 3 heteroatoms. The SMILES string of the molecule is Nc1ccccc1-c1cccc(Br)c1N. The molecule has 15 heavy (non-hydrogen) atoms. The molecule has 2 aromatic carbocycles. The predicted octanol–water partition coefficient (Wildman–Crippen LogP) is 3.28. The van der Waals surface area contributed by atoms with Gasteiger partial charge in [0, 0.05) is 21.3 Å². The van der Waals surface area contributed by atoms with E-state index in [0.717, 1.165) is 27.0 Å². The predicted molar refractivity (Wildman–Crippen MR) is 68.4 cm³/mol. The summed E-state index contributed by atoms with van der Waals surface area (Å²) in [6, 6.07) is 13.5. The number of benzene rings is 2. The molecule has 0 bridgehead atoms. The molecule has 0 aliphatic heterocycles. The van der Waals surface area contributed by atoms with Crippen LogP contribution in [-0.2, 0) is 0 Å². The van der Waals surface area contributed by atoms with Crippen LogP contribution in [0.15, 0.2) is 46.9 Å². The number of halogens is 1. The highest BCUT2D eigenvalue weighted by atomic mass is 79.9. The van der Waals surface area contributed by atoms with Crippen LogP contribution in [0.3, 0.4) is 0 Å². The summed E-state index contributed by atoms with van der Waals surface area (Å²) in [5.74, 6) is 0. The Bertz CT molecular complexity index is 495. The van der Waals surface area contributed by atoms with Crippen LogP contribution in [0.4, 0.5) is 11.4 Å². The number of rotatable bonds is 1. The molecule has 2 nitrogen and oxygen atoms in total. The summed E-state index contributed by atoms with van der Waals surface area (Å²) in [6.45, 7) is 0. The summed E-state index contributed by atoms with van der Waals surface area (Å²) >= 11 is 3.40. The van der Waals surface area contributed by atoms with Crippen molar-refractivity contribution in [1.82, 2.24) is 0 Å². The number of anilines is 2. The molecule has 0 heterocycles. The Labute approximate surface area is 97.0 Å². The highest BCUT2D eigenvalue weighted by Gasteiger charge is 2.07. The molecule has 2 rings (SSSR count). The van der Waals surface area contributed by atoms with Gasteiger partial charge in [-0.1, -0.05) is 30.3 Å². The van der Waals surface area contributed by atoms with Crippen molar-refractivity contribution >= 4 is 27.3 Å². The van der Waals surface area contributed by atoms with Gasteiger partial charge in [-0.05, 0) is 28.1 Å². The summed E-state index contributed by atoms with van der Waals surface area (Å²) < 4.78 is 0.892. The first-order valence-electron chi connectivity index (χ1n) is 4.59. The maximum Gasteiger partial charge on any atom is 0.0538 e. The van der Waals surface area contributed by atoms with Crippen LogP contribution >= 0.6 is 15.9 Å². The molecule has 0 saturated carbocycles. The van der Waals surface area contributed by atoms with Crippen LogP contribution in [0.5, 0.6) is 0 Å². The van der Waals surface area contributed by atoms with Gasteiger partial charge in [-0.15, -0.1) is 0 Å². The molecule has 0 amide bonds. The van der Waals surface area contributed by atoms with E-state index in [4.69, 9.17) is 11.5 Å². The van der Waals surface area contributed by atoms with E-state index in [9.17, 15) is 0 Å². The van der Waals surface area contributed by atoms with Crippen molar-refractivity contribution in [2.24, 2.45) is 0 Å². The molecule has 0 saturated heterocycles. The monoisotopic (exact) mass is 262 g/mol. The second-order valence-corrected chi connectivity index (χ2v) is 4.14. The molecule has 0 radical (unpaired) electrons. The Balaban J connectivity index is 2.65. The summed E-state index contributed by atoms with van der Waals surface area (Å²) in [4.78, 5) is 0. The zero-order chi connectivity index (χ0) is 10.8. The van der Waals surface area contributed by atoms with E-state index in [2.05, 4.69) is 15.9 Å². The van der Waals surface area contributed by atoms with Crippen LogP contribution in [0.2, 0.25) is 0 Å². The Morgan fingerprint density at radius 3 is 2.20 bits per heavy atom. The van der Waals surface area contributed by atoms with Gasteiger partial charge < -0.3 is 11.5 Å². The Morgan fingerprint density at radius 1 is 0.800 bits per heavy atom. The lowest BCUT2D eigenvalue weighted by molar-refractivity contribution is 1.58. The van der Waals surface area contributed by atoms with Crippen molar-refractivity contribution in [3.8, 4) is 11.1 Å². The van der Waals surface area contributed by atoms with Crippen molar-refractivity contribution in [1.29, 1.82) is 0 Å². The number of para-hydroxylation sites is 2. The minimum Gasteiger partial charge on any atom is -0.398 e. The average Bonchev–Trinajstić information content (AvgIpc) is 2.23. The topological polar surface area (TPSA) is 52.0 Å². The molecular weight excluding hydrogens is 252 g/mol. The van der Waals surface area contributed by atoms with Gasteiger partial charge in [0.15, 0.2) is 0 Å². The number of hydrogen-bond donors (Lipinski definition) is 2. The van der Waals surface area contributed by atoms with Crippen LogP contribution in [-0.4, -0.2) is 0 Å². The molecule has 2 aromatic rings. The fourth-order valence-electron chi connectivity index (χ4n) is 1.51. The van der Waals surface area contributed by atoms with E-state index in [0.29, 0.717) is 0 Å². The molecule has 0 aliphatic rings. The third-order valence-corrected chi connectivity index (χ3v) is 3.00. The first-order chi connectivity index (χ1) is 7.20. The smallest absolute Gasteiger partial charge is 0.0538 e. The Hall–Kier alpha value is -1.48. The highest BCUT2D eigenvalue weighted by molar-refractivity contribution is 9.10. The van der Waals surface area contributed by atoms with Crippen LogP contribution in [0, 0.1) is 0 Å². The van der Waals surface area contributed by atoms with Gasteiger partial charge >= 0.3 is 0 Å². The summed E-state index contributed by atoms with van der Waals surface area (Å²) in [5, 5.41) is 0. The third kappa shape index (κ3) is 1.83. The van der Waals surface area contributed by atoms with Gasteiger partial charge in [-0.25, -0.2) is 0 Å². The van der Waals surface area contributed by atoms with Crippen molar-refractivity contribution in [3.63, 3.8) is 0 Å². The van der Waals surface area contributed by atoms with E-state index in [1.807, 2.05) is 42.5 Å². The first kappa shape index (κ1) is 10.1. The summed E-state index contributed by atoms with van der Waals surface area (Å²) in [5.41, 5.74) is 15.3. The summed E-state index contributed by atoms with van der Waals surface area (Å²) in [6.07, 6.45) is 0. The van der Waals surface area contributed by atoms with Crippen molar-refractivity contribution in [2.75, 3.05) is 11.5 Å². The van der Waals surface area contributed by atoms with E-state index in [1.54, 1.807) is 0 Å². The van der Waals surface area contributed by atoms with Gasteiger partial charge in [-0.2, -0.15) is 0 Å². The van der Waals surface area contributed by atoms with Gasteiger partial charge in [0.1, 0.15) is 0 Å². The van der Waals surface area contributed by atoms with Crippen molar-refractivity contribution in [3.05, 3.63) is 46.9 Å². The van der Waals surface area contributed by atoms with Gasteiger partial charge in [0.25, 0.3) is 0 Å². The number of hydrogen-bond acceptors (Lipinski definition) is 2. The maximum absolute atomic E-state index is 5.98. The van der Waals surface area contributed by atoms with Crippen LogP contribution in [0.1, 0.15) is 0 Å². The van der Waals surface area contributed by atoms with Crippen LogP contribution in [0.25, 0.3) is 11.1 Å². The minimum absolute atomic E-state index is 0.718.